The van der Waals surface area contributed by atoms with E-state index in [9.17, 15) is 4.79 Å². The molecule has 4 rings (SSSR count). The summed E-state index contributed by atoms with van der Waals surface area (Å²) in [5.74, 6) is 3.71. The fourth-order valence-electron chi connectivity index (χ4n) is 3.03. The molecule has 2 fully saturated rings. The lowest BCUT2D eigenvalue weighted by molar-refractivity contribution is 0.0958. The summed E-state index contributed by atoms with van der Waals surface area (Å²) in [7, 11) is 0. The van der Waals surface area contributed by atoms with Gasteiger partial charge in [-0.05, 0) is 55.5 Å². The molecule has 0 bridgehead atoms. The van der Waals surface area contributed by atoms with E-state index in [1.807, 2.05) is 30.5 Å². The smallest absolute Gasteiger partial charge is 0.169 e. The van der Waals surface area contributed by atoms with Crippen LogP contribution in [0, 0.1) is 24.7 Å². The van der Waals surface area contributed by atoms with E-state index in [1.165, 1.54) is 12.8 Å². The molecule has 0 saturated heterocycles. The molecule has 2 aliphatic carbocycles. The molecule has 2 saturated carbocycles. The van der Waals surface area contributed by atoms with E-state index in [4.69, 9.17) is 4.42 Å². The molecule has 98 valence electrons. The van der Waals surface area contributed by atoms with Gasteiger partial charge in [-0.25, -0.2) is 0 Å². The second kappa shape index (κ2) is 4.07. The van der Waals surface area contributed by atoms with E-state index in [-0.39, 0.29) is 5.92 Å². The summed E-state index contributed by atoms with van der Waals surface area (Å²) in [4.78, 5) is 13.6. The van der Waals surface area contributed by atoms with Crippen molar-refractivity contribution < 1.29 is 9.21 Å². The largest absolute Gasteiger partial charge is 0.460 e. The first-order valence-corrected chi connectivity index (χ1v) is 7.80. The van der Waals surface area contributed by atoms with Crippen molar-refractivity contribution in [3.8, 4) is 10.6 Å². The van der Waals surface area contributed by atoms with Crippen LogP contribution in [0.4, 0.5) is 0 Å². The Bertz CT molecular complexity index is 619. The van der Waals surface area contributed by atoms with Crippen LogP contribution >= 0.6 is 11.3 Å². The summed E-state index contributed by atoms with van der Waals surface area (Å²) < 4.78 is 5.76. The van der Waals surface area contributed by atoms with E-state index in [0.717, 1.165) is 34.3 Å². The molecule has 2 aromatic heterocycles. The molecule has 2 aliphatic rings. The summed E-state index contributed by atoms with van der Waals surface area (Å²) in [6.45, 7) is 1.90. The van der Waals surface area contributed by atoms with Gasteiger partial charge in [-0.1, -0.05) is 6.07 Å². The van der Waals surface area contributed by atoms with Crippen molar-refractivity contribution in [3.63, 3.8) is 0 Å². The maximum absolute atomic E-state index is 12.5. The minimum absolute atomic E-state index is 0.278. The topological polar surface area (TPSA) is 30.2 Å². The van der Waals surface area contributed by atoms with E-state index >= 15 is 0 Å². The monoisotopic (exact) mass is 272 g/mol. The van der Waals surface area contributed by atoms with Crippen molar-refractivity contribution in [3.05, 3.63) is 34.9 Å². The first-order chi connectivity index (χ1) is 9.24. The standard InChI is InChI=1S/C16H16O2S/c1-9-11(8-14(18-9)15-3-2-6-19-15)16(17)13-7-12(13)10-4-5-10/h2-3,6,8,10,12-13H,4-5,7H2,1H3. The van der Waals surface area contributed by atoms with Gasteiger partial charge in [-0.3, -0.25) is 4.79 Å². The lowest BCUT2D eigenvalue weighted by Crippen LogP contribution is -2.04. The molecule has 0 aromatic carbocycles. The van der Waals surface area contributed by atoms with Crippen LogP contribution in [0.15, 0.2) is 28.0 Å². The maximum atomic E-state index is 12.5. The van der Waals surface area contributed by atoms with Crippen LogP contribution in [-0.4, -0.2) is 5.78 Å². The molecule has 2 aromatic rings. The Morgan fingerprint density at radius 2 is 2.26 bits per heavy atom. The highest BCUT2D eigenvalue weighted by molar-refractivity contribution is 7.13. The minimum atomic E-state index is 0.278. The minimum Gasteiger partial charge on any atom is -0.460 e. The summed E-state index contributed by atoms with van der Waals surface area (Å²) in [6, 6.07) is 5.97. The Morgan fingerprint density at radius 3 is 2.95 bits per heavy atom. The normalized spacial score (nSPS) is 25.5. The number of ketones is 1. The second-order valence-electron chi connectivity index (χ2n) is 5.77. The first-order valence-electron chi connectivity index (χ1n) is 6.92. The zero-order valence-corrected chi connectivity index (χ0v) is 11.7. The average Bonchev–Trinajstić information content (AvgIpc) is 3.28. The predicted octanol–water partition coefficient (Wildman–Crippen LogP) is 4.55. The summed E-state index contributed by atoms with van der Waals surface area (Å²) in [5, 5.41) is 2.03. The zero-order valence-electron chi connectivity index (χ0n) is 10.9. The highest BCUT2D eigenvalue weighted by atomic mass is 32.1. The van der Waals surface area contributed by atoms with Crippen LogP contribution in [0.2, 0.25) is 0 Å². The van der Waals surface area contributed by atoms with Crippen LogP contribution < -0.4 is 0 Å². The third-order valence-corrected chi connectivity index (χ3v) is 5.24. The molecule has 0 aliphatic heterocycles. The number of hydrogen-bond acceptors (Lipinski definition) is 3. The molecule has 2 atom stereocenters. The average molecular weight is 272 g/mol. The van der Waals surface area contributed by atoms with Crippen molar-refractivity contribution in [1.29, 1.82) is 0 Å². The van der Waals surface area contributed by atoms with Gasteiger partial charge in [-0.15, -0.1) is 11.3 Å². The van der Waals surface area contributed by atoms with Gasteiger partial charge >= 0.3 is 0 Å². The number of rotatable bonds is 4. The van der Waals surface area contributed by atoms with Crippen LogP contribution in [-0.2, 0) is 0 Å². The van der Waals surface area contributed by atoms with Gasteiger partial charge in [0.15, 0.2) is 5.78 Å². The number of hydrogen-bond donors (Lipinski definition) is 0. The lowest BCUT2D eigenvalue weighted by atomic mass is 10.1. The van der Waals surface area contributed by atoms with E-state index in [1.54, 1.807) is 11.3 Å². The fraction of sp³-hybridized carbons (Fsp3) is 0.438. The van der Waals surface area contributed by atoms with Gasteiger partial charge in [0, 0.05) is 5.92 Å². The van der Waals surface area contributed by atoms with Crippen molar-refractivity contribution >= 4 is 17.1 Å². The van der Waals surface area contributed by atoms with Gasteiger partial charge in [0.2, 0.25) is 0 Å². The number of carbonyl (C=O) groups is 1. The van der Waals surface area contributed by atoms with E-state index < -0.39 is 0 Å². The summed E-state index contributed by atoms with van der Waals surface area (Å²) in [5.41, 5.74) is 0.802. The molecule has 0 radical (unpaired) electrons. The number of Topliss-reactive ketones (excluding diaryl/α,β-unsaturated/α-hetero) is 1. The van der Waals surface area contributed by atoms with Gasteiger partial charge in [0.1, 0.15) is 11.5 Å². The maximum Gasteiger partial charge on any atom is 0.169 e. The Morgan fingerprint density at radius 1 is 1.42 bits per heavy atom. The summed E-state index contributed by atoms with van der Waals surface area (Å²) in [6.07, 6.45) is 3.76. The predicted molar refractivity (Wildman–Crippen MR) is 75.4 cm³/mol. The molecule has 3 heteroatoms. The zero-order chi connectivity index (χ0) is 13.0. The quantitative estimate of drug-likeness (QED) is 0.765. The third-order valence-electron chi connectivity index (χ3n) is 4.35. The van der Waals surface area contributed by atoms with Crippen molar-refractivity contribution in [2.24, 2.45) is 17.8 Å². The lowest BCUT2D eigenvalue weighted by Gasteiger charge is -1.96. The molecule has 0 spiro atoms. The molecule has 2 heterocycles. The molecule has 19 heavy (non-hydrogen) atoms. The van der Waals surface area contributed by atoms with Crippen LogP contribution in [0.3, 0.4) is 0 Å². The van der Waals surface area contributed by atoms with Gasteiger partial charge in [-0.2, -0.15) is 0 Å². The summed E-state index contributed by atoms with van der Waals surface area (Å²) >= 11 is 1.64. The van der Waals surface area contributed by atoms with Gasteiger partial charge in [0.25, 0.3) is 0 Å². The van der Waals surface area contributed by atoms with Crippen LogP contribution in [0.25, 0.3) is 10.6 Å². The second-order valence-corrected chi connectivity index (χ2v) is 6.71. The molecular formula is C16H16O2S. The molecule has 0 N–H and O–H groups in total. The Balaban J connectivity index is 1.59. The van der Waals surface area contributed by atoms with Crippen molar-refractivity contribution in [1.82, 2.24) is 0 Å². The van der Waals surface area contributed by atoms with Crippen molar-refractivity contribution in [2.45, 2.75) is 26.2 Å². The SMILES string of the molecule is Cc1oc(-c2cccs2)cc1C(=O)C1CC1C1CC1. The Hall–Kier alpha value is -1.35. The number of carbonyl (C=O) groups excluding carboxylic acids is 1. The third kappa shape index (κ3) is 1.96. The van der Waals surface area contributed by atoms with Crippen LogP contribution in [0.1, 0.15) is 35.4 Å². The van der Waals surface area contributed by atoms with Crippen LogP contribution in [0.5, 0.6) is 0 Å². The van der Waals surface area contributed by atoms with Gasteiger partial charge < -0.3 is 4.42 Å². The molecular weight excluding hydrogens is 256 g/mol. The van der Waals surface area contributed by atoms with Crippen molar-refractivity contribution in [2.75, 3.05) is 0 Å². The van der Waals surface area contributed by atoms with E-state index in [0.29, 0.717) is 11.7 Å². The molecule has 2 unspecified atom stereocenters. The fourth-order valence-corrected chi connectivity index (χ4v) is 3.71. The molecule has 0 amide bonds. The number of thiophene rings is 1. The highest BCUT2D eigenvalue weighted by Crippen LogP contribution is 2.55. The number of furan rings is 1. The Labute approximate surface area is 116 Å². The number of aryl methyl sites for hydroxylation is 1. The first kappa shape index (κ1) is 11.5. The molecule has 2 nitrogen and oxygen atoms in total. The Kier molecular flexibility index (Phi) is 2.46. The highest BCUT2D eigenvalue weighted by Gasteiger charge is 2.51. The van der Waals surface area contributed by atoms with Gasteiger partial charge in [0.05, 0.1) is 10.4 Å². The van der Waals surface area contributed by atoms with E-state index in [2.05, 4.69) is 0 Å².